The molecule has 1 aromatic rings. The first-order valence-electron chi connectivity index (χ1n) is 6.19. The third-order valence-electron chi connectivity index (χ3n) is 2.75. The summed E-state index contributed by atoms with van der Waals surface area (Å²) >= 11 is 0. The fourth-order valence-corrected chi connectivity index (χ4v) is 1.85. The maximum atomic E-state index is 11.7. The molecule has 20 heavy (non-hydrogen) atoms. The van der Waals surface area contributed by atoms with Crippen LogP contribution in [0.15, 0.2) is 54.4 Å². The Hall–Kier alpha value is -2.56. The number of benzene rings is 1. The van der Waals surface area contributed by atoms with Crippen molar-refractivity contribution < 1.29 is 19.1 Å². The second-order valence-corrected chi connectivity index (χ2v) is 4.21. The van der Waals surface area contributed by atoms with Crippen molar-refractivity contribution in [3.05, 3.63) is 59.9 Å². The van der Waals surface area contributed by atoms with Crippen LogP contribution >= 0.6 is 0 Å². The van der Waals surface area contributed by atoms with Crippen molar-refractivity contribution in [2.24, 2.45) is 0 Å². The Labute approximate surface area is 117 Å². The molecular weight excluding hydrogens is 258 g/mol. The number of hydrogen-bond donors (Lipinski definition) is 0. The summed E-state index contributed by atoms with van der Waals surface area (Å²) in [6.45, 7) is 0.561. The molecule has 0 N–H and O–H groups in total. The lowest BCUT2D eigenvalue weighted by atomic mass is 10.1. The van der Waals surface area contributed by atoms with Crippen LogP contribution in [0.4, 0.5) is 0 Å². The van der Waals surface area contributed by atoms with Crippen molar-refractivity contribution in [3.8, 4) is 0 Å². The highest BCUT2D eigenvalue weighted by atomic mass is 16.7. The summed E-state index contributed by atoms with van der Waals surface area (Å²) in [6.07, 6.45) is 6.06. The third kappa shape index (κ3) is 3.98. The quantitative estimate of drug-likeness (QED) is 0.343. The second-order valence-electron chi connectivity index (χ2n) is 4.21. The molecule has 0 radical (unpaired) electrons. The van der Waals surface area contributed by atoms with E-state index in [0.29, 0.717) is 18.5 Å². The van der Waals surface area contributed by atoms with Gasteiger partial charge in [0.2, 0.25) is 6.79 Å². The molecule has 5 heteroatoms. The van der Waals surface area contributed by atoms with Gasteiger partial charge in [-0.2, -0.15) is 0 Å². The molecule has 5 nitrogen and oxygen atoms in total. The average molecular weight is 273 g/mol. The maximum Gasteiger partial charge on any atom is 0.338 e. The van der Waals surface area contributed by atoms with Crippen molar-refractivity contribution in [1.29, 1.82) is 0 Å². The summed E-state index contributed by atoms with van der Waals surface area (Å²) in [7, 11) is 0. The van der Waals surface area contributed by atoms with E-state index in [0.717, 1.165) is 5.56 Å². The first-order chi connectivity index (χ1) is 9.79. The molecule has 0 saturated carbocycles. The zero-order valence-corrected chi connectivity index (χ0v) is 10.9. The molecule has 1 aliphatic rings. The number of nitrogens with zero attached hydrogens (tertiary/aromatic N) is 1. The van der Waals surface area contributed by atoms with Gasteiger partial charge >= 0.3 is 5.97 Å². The van der Waals surface area contributed by atoms with Crippen LogP contribution in [-0.4, -0.2) is 24.1 Å². The molecule has 1 aromatic carbocycles. The van der Waals surface area contributed by atoms with Gasteiger partial charge in [-0.1, -0.05) is 36.4 Å². The Kier molecular flexibility index (Phi) is 4.94. The Morgan fingerprint density at radius 1 is 1.30 bits per heavy atom. The van der Waals surface area contributed by atoms with Gasteiger partial charge in [0, 0.05) is 25.4 Å². The van der Waals surface area contributed by atoms with E-state index in [1.165, 1.54) is 0 Å². The van der Waals surface area contributed by atoms with E-state index < -0.39 is 5.97 Å². The lowest BCUT2D eigenvalue weighted by molar-refractivity contribution is -0.156. The Balaban J connectivity index is 1.94. The molecule has 104 valence electrons. The highest BCUT2D eigenvalue weighted by Crippen LogP contribution is 2.16. The lowest BCUT2D eigenvalue weighted by Crippen LogP contribution is -2.18. The largest absolute Gasteiger partial charge is 0.430 e. The highest BCUT2D eigenvalue weighted by molar-refractivity contribution is 5.88. The molecule has 2 rings (SSSR count). The second kappa shape index (κ2) is 7.13. The van der Waals surface area contributed by atoms with Gasteiger partial charge in [0.15, 0.2) is 0 Å². The van der Waals surface area contributed by atoms with E-state index in [1.54, 1.807) is 6.20 Å². The molecule has 1 aliphatic heterocycles. The molecule has 0 fully saturated rings. The summed E-state index contributed by atoms with van der Waals surface area (Å²) in [5.41, 5.74) is 1.67. The molecule has 0 saturated heterocycles. The van der Waals surface area contributed by atoms with Crippen LogP contribution in [0.5, 0.6) is 0 Å². The zero-order chi connectivity index (χ0) is 14.2. The lowest BCUT2D eigenvalue weighted by Gasteiger charge is -2.20. The molecule has 0 bridgehead atoms. The first kappa shape index (κ1) is 13.9. The summed E-state index contributed by atoms with van der Waals surface area (Å²) in [6, 6.07) is 9.94. The monoisotopic (exact) mass is 273 g/mol. The van der Waals surface area contributed by atoms with Gasteiger partial charge in [-0.3, -0.25) is 4.79 Å². The van der Waals surface area contributed by atoms with Gasteiger partial charge in [0.1, 0.15) is 0 Å². The van der Waals surface area contributed by atoms with Crippen molar-refractivity contribution >= 4 is 12.4 Å². The van der Waals surface area contributed by atoms with Gasteiger partial charge in [-0.15, -0.1) is 0 Å². The number of carbonyl (C=O) groups excluding carboxylic acids is 2. The normalized spacial score (nSPS) is 13.6. The fraction of sp³-hybridized carbons (Fsp3) is 0.200. The summed E-state index contributed by atoms with van der Waals surface area (Å²) in [5, 5.41) is 0. The number of rotatable bonds is 6. The number of ether oxygens (including phenoxy) is 2. The molecule has 0 spiro atoms. The van der Waals surface area contributed by atoms with E-state index >= 15 is 0 Å². The molecule has 0 aliphatic carbocycles. The minimum atomic E-state index is -0.478. The first-order valence-corrected chi connectivity index (χ1v) is 6.19. The molecule has 0 amide bonds. The number of hydrogen-bond acceptors (Lipinski definition) is 5. The van der Waals surface area contributed by atoms with E-state index in [-0.39, 0.29) is 13.3 Å². The summed E-state index contributed by atoms with van der Waals surface area (Å²) in [4.78, 5) is 23.6. The van der Waals surface area contributed by atoms with E-state index in [2.05, 4.69) is 4.74 Å². The maximum absolute atomic E-state index is 11.7. The van der Waals surface area contributed by atoms with Gasteiger partial charge in [0.05, 0.1) is 5.57 Å². The van der Waals surface area contributed by atoms with Gasteiger partial charge in [-0.25, -0.2) is 4.79 Å². The number of carbonyl (C=O) groups is 2. The summed E-state index contributed by atoms with van der Waals surface area (Å²) < 4.78 is 9.13. The third-order valence-corrected chi connectivity index (χ3v) is 2.75. The predicted octanol–water partition coefficient (Wildman–Crippen LogP) is 1.96. The van der Waals surface area contributed by atoms with Crippen molar-refractivity contribution in [2.75, 3.05) is 6.79 Å². The smallest absolute Gasteiger partial charge is 0.338 e. The SMILES string of the molecule is O=COCOC(=O)C1=CN(Cc2ccccc2)C=CC1. The highest BCUT2D eigenvalue weighted by Gasteiger charge is 2.14. The van der Waals surface area contributed by atoms with Crippen molar-refractivity contribution in [1.82, 2.24) is 4.90 Å². The Morgan fingerprint density at radius 2 is 2.10 bits per heavy atom. The minimum Gasteiger partial charge on any atom is -0.430 e. The van der Waals surface area contributed by atoms with Crippen molar-refractivity contribution in [3.63, 3.8) is 0 Å². The standard InChI is InChI=1S/C15H15NO4/c17-11-19-12-20-15(18)14-7-4-8-16(10-14)9-13-5-2-1-3-6-13/h1-6,8,10-11H,7,9,12H2. The van der Waals surface area contributed by atoms with Gasteiger partial charge < -0.3 is 14.4 Å². The van der Waals surface area contributed by atoms with Crippen LogP contribution in [0.3, 0.4) is 0 Å². The van der Waals surface area contributed by atoms with Crippen LogP contribution in [0.25, 0.3) is 0 Å². The molecular formula is C15H15NO4. The average Bonchev–Trinajstić information content (AvgIpc) is 2.49. The van der Waals surface area contributed by atoms with E-state index in [4.69, 9.17) is 4.74 Å². The van der Waals surface area contributed by atoms with Gasteiger partial charge in [-0.05, 0) is 5.56 Å². The Morgan fingerprint density at radius 3 is 2.85 bits per heavy atom. The molecule has 0 aromatic heterocycles. The van der Waals surface area contributed by atoms with E-state index in [1.807, 2.05) is 47.5 Å². The van der Waals surface area contributed by atoms with Crippen LogP contribution in [0.1, 0.15) is 12.0 Å². The number of allylic oxidation sites excluding steroid dienone is 1. The minimum absolute atomic E-state index is 0.240. The molecule has 0 unspecified atom stereocenters. The van der Waals surface area contributed by atoms with Crippen molar-refractivity contribution in [2.45, 2.75) is 13.0 Å². The Bertz CT molecular complexity index is 522. The summed E-state index contributed by atoms with van der Waals surface area (Å²) in [5.74, 6) is -0.478. The fourth-order valence-electron chi connectivity index (χ4n) is 1.85. The number of esters is 1. The van der Waals surface area contributed by atoms with Crippen LogP contribution in [0.2, 0.25) is 0 Å². The zero-order valence-electron chi connectivity index (χ0n) is 10.9. The topological polar surface area (TPSA) is 55.8 Å². The van der Waals surface area contributed by atoms with E-state index in [9.17, 15) is 9.59 Å². The van der Waals surface area contributed by atoms with Crippen LogP contribution in [-0.2, 0) is 25.6 Å². The van der Waals surface area contributed by atoms with Crippen LogP contribution in [0, 0.1) is 0 Å². The van der Waals surface area contributed by atoms with Gasteiger partial charge in [0.25, 0.3) is 6.47 Å². The predicted molar refractivity (Wildman–Crippen MR) is 71.9 cm³/mol. The molecule has 1 heterocycles. The van der Waals surface area contributed by atoms with Crippen LogP contribution < -0.4 is 0 Å². The molecule has 0 atom stereocenters.